The quantitative estimate of drug-likeness (QED) is 0.398. The lowest BCUT2D eigenvalue weighted by Gasteiger charge is -2.18. The van der Waals surface area contributed by atoms with Crippen LogP contribution in [-0.2, 0) is 5.60 Å². The molecule has 1 aliphatic carbocycles. The van der Waals surface area contributed by atoms with Gasteiger partial charge in [-0.05, 0) is 38.5 Å². The Morgan fingerprint density at radius 1 is 1.20 bits per heavy atom. The van der Waals surface area contributed by atoms with Gasteiger partial charge in [0, 0.05) is 52.3 Å². The number of imidazole rings is 1. The molecule has 182 valence electrons. The van der Waals surface area contributed by atoms with Gasteiger partial charge in [-0.3, -0.25) is 0 Å². The van der Waals surface area contributed by atoms with E-state index in [0.717, 1.165) is 0 Å². The van der Waals surface area contributed by atoms with Gasteiger partial charge < -0.3 is 19.4 Å². The van der Waals surface area contributed by atoms with Crippen LogP contribution in [0.4, 0.5) is 13.2 Å². The van der Waals surface area contributed by atoms with Crippen LogP contribution in [0, 0.1) is 5.82 Å². The number of fused-ring (bicyclic) bond motifs is 3. The number of aliphatic hydroxyl groups is 2. The second-order valence-corrected chi connectivity index (χ2v) is 9.30. The first kappa shape index (κ1) is 23.5. The third kappa shape index (κ3) is 4.22. The molecule has 0 bridgehead atoms. The number of halogens is 4. The van der Waals surface area contributed by atoms with Gasteiger partial charge in [0.25, 0.3) is 0 Å². The van der Waals surface area contributed by atoms with Crippen molar-refractivity contribution >= 4 is 17.2 Å². The lowest BCUT2D eigenvalue weighted by atomic mass is 9.95. The zero-order valence-electron chi connectivity index (χ0n) is 18.6. The highest BCUT2D eigenvalue weighted by atomic mass is 35.5. The van der Waals surface area contributed by atoms with Crippen molar-refractivity contribution in [2.75, 3.05) is 0 Å². The van der Waals surface area contributed by atoms with Crippen LogP contribution in [0.15, 0.2) is 42.9 Å². The second kappa shape index (κ2) is 8.47. The number of nitrogens with zero attached hydrogens (tertiary/aromatic N) is 4. The monoisotopic (exact) mass is 504 g/mol. The highest BCUT2D eigenvalue weighted by Crippen LogP contribution is 2.47. The van der Waals surface area contributed by atoms with Crippen molar-refractivity contribution in [3.63, 3.8) is 0 Å². The molecule has 7 nitrogen and oxygen atoms in total. The van der Waals surface area contributed by atoms with Gasteiger partial charge in [0.1, 0.15) is 22.8 Å². The van der Waals surface area contributed by atoms with Crippen LogP contribution < -0.4 is 4.74 Å². The van der Waals surface area contributed by atoms with Gasteiger partial charge in [0.2, 0.25) is 0 Å². The number of rotatable bonds is 5. The molecule has 0 aliphatic heterocycles. The van der Waals surface area contributed by atoms with E-state index in [0.29, 0.717) is 27.5 Å². The minimum atomic E-state index is -3.05. The predicted octanol–water partition coefficient (Wildman–Crippen LogP) is 4.98. The molecule has 2 N–H and O–H groups in total. The Morgan fingerprint density at radius 2 is 1.91 bits per heavy atom. The minimum absolute atomic E-state index is 0.0673. The first-order chi connectivity index (χ1) is 16.5. The highest BCUT2D eigenvalue weighted by Gasteiger charge is 2.38. The van der Waals surface area contributed by atoms with Crippen LogP contribution >= 0.6 is 11.6 Å². The number of aromatic nitrogens is 4. The molecule has 3 heterocycles. The van der Waals surface area contributed by atoms with E-state index >= 15 is 4.39 Å². The van der Waals surface area contributed by atoms with E-state index in [1.807, 2.05) is 0 Å². The number of benzene rings is 1. The fourth-order valence-corrected chi connectivity index (χ4v) is 4.58. The number of pyridine rings is 1. The number of hydrogen-bond acceptors (Lipinski definition) is 6. The Labute approximate surface area is 202 Å². The normalized spacial score (nSPS) is 17.9. The Balaban J connectivity index is 1.65. The van der Waals surface area contributed by atoms with E-state index in [-0.39, 0.29) is 29.2 Å². The van der Waals surface area contributed by atoms with Gasteiger partial charge in [-0.2, -0.15) is 8.78 Å². The Kier molecular flexibility index (Phi) is 5.70. The molecule has 0 spiro atoms. The molecule has 11 heteroatoms. The maximum absolute atomic E-state index is 15.0. The van der Waals surface area contributed by atoms with Crippen molar-refractivity contribution in [1.82, 2.24) is 19.4 Å². The van der Waals surface area contributed by atoms with Crippen molar-refractivity contribution < 1.29 is 28.1 Å². The Bertz CT molecular complexity index is 1420. The molecule has 3 aromatic heterocycles. The summed E-state index contributed by atoms with van der Waals surface area (Å²) in [5.74, 6) is -1.06. The average Bonchev–Trinajstić information content (AvgIpc) is 3.30. The van der Waals surface area contributed by atoms with Crippen LogP contribution in [0.2, 0.25) is 5.02 Å². The standard InChI is InChI=1S/C24H20ClF3N4O3/c1-24(2,34)22-29-8-11(9-30-22)15-10-32-19(7-16(15)26)31-20-17(33)6-14(21(20)32)13-5-12(25)3-4-18(13)35-23(27)28/h3-5,7-10,14,17,23,33-34H,6H2,1-2H3/t14-,17-/m1/s1. The van der Waals surface area contributed by atoms with E-state index in [2.05, 4.69) is 15.0 Å². The molecule has 35 heavy (non-hydrogen) atoms. The molecule has 0 fully saturated rings. The summed E-state index contributed by atoms with van der Waals surface area (Å²) in [6.07, 6.45) is 3.48. The van der Waals surface area contributed by atoms with E-state index in [9.17, 15) is 19.0 Å². The topological polar surface area (TPSA) is 92.8 Å². The van der Waals surface area contributed by atoms with Gasteiger partial charge in [-0.25, -0.2) is 19.3 Å². The molecule has 0 amide bonds. The molecule has 0 unspecified atom stereocenters. The third-order valence-corrected chi connectivity index (χ3v) is 6.19. The molecule has 4 aromatic rings. The summed E-state index contributed by atoms with van der Waals surface area (Å²) in [7, 11) is 0. The van der Waals surface area contributed by atoms with Gasteiger partial charge in [0.15, 0.2) is 5.82 Å². The summed E-state index contributed by atoms with van der Waals surface area (Å²) in [6.45, 7) is 0.0310. The van der Waals surface area contributed by atoms with Crippen LogP contribution in [-0.4, -0.2) is 36.2 Å². The van der Waals surface area contributed by atoms with E-state index < -0.39 is 30.1 Å². The number of aliphatic hydroxyl groups excluding tert-OH is 1. The largest absolute Gasteiger partial charge is 0.435 e. The molecular formula is C24H20ClF3N4O3. The van der Waals surface area contributed by atoms with Crippen molar-refractivity contribution in [3.8, 4) is 16.9 Å². The molecule has 1 aromatic carbocycles. The molecule has 0 saturated heterocycles. The average molecular weight is 505 g/mol. The van der Waals surface area contributed by atoms with Gasteiger partial charge in [-0.1, -0.05) is 11.6 Å². The van der Waals surface area contributed by atoms with Crippen molar-refractivity contribution in [2.24, 2.45) is 0 Å². The SMILES string of the molecule is CC(C)(O)c1ncc(-c2cn3c4c(nc3cc2F)[C@H](O)C[C@@H]4c2cc(Cl)ccc2OC(F)F)cn1. The molecular weight excluding hydrogens is 485 g/mol. The van der Waals surface area contributed by atoms with Gasteiger partial charge >= 0.3 is 6.61 Å². The lowest BCUT2D eigenvalue weighted by Crippen LogP contribution is -2.19. The summed E-state index contributed by atoms with van der Waals surface area (Å²) < 4.78 is 47.5. The van der Waals surface area contributed by atoms with Crippen molar-refractivity contribution in [1.29, 1.82) is 0 Å². The van der Waals surface area contributed by atoms with Crippen molar-refractivity contribution in [2.45, 2.75) is 44.5 Å². The van der Waals surface area contributed by atoms with Crippen LogP contribution in [0.1, 0.15) is 55.1 Å². The van der Waals surface area contributed by atoms with E-state index in [1.54, 1.807) is 4.40 Å². The van der Waals surface area contributed by atoms with E-state index in [1.165, 1.54) is 56.7 Å². The maximum Gasteiger partial charge on any atom is 0.387 e. The minimum Gasteiger partial charge on any atom is -0.435 e. The zero-order chi connectivity index (χ0) is 25.1. The van der Waals surface area contributed by atoms with E-state index in [4.69, 9.17) is 16.3 Å². The fourth-order valence-electron chi connectivity index (χ4n) is 4.40. The predicted molar refractivity (Wildman–Crippen MR) is 121 cm³/mol. The smallest absolute Gasteiger partial charge is 0.387 e. The number of hydrogen-bond donors (Lipinski definition) is 2. The maximum atomic E-state index is 15.0. The van der Waals surface area contributed by atoms with Gasteiger partial charge in [0.05, 0.1) is 17.5 Å². The lowest BCUT2D eigenvalue weighted by molar-refractivity contribution is -0.0506. The molecule has 0 saturated carbocycles. The molecule has 5 rings (SSSR count). The fraction of sp³-hybridized carbons (Fsp3) is 0.292. The van der Waals surface area contributed by atoms with Crippen LogP contribution in [0.25, 0.3) is 16.8 Å². The summed E-state index contributed by atoms with van der Waals surface area (Å²) in [6, 6.07) is 5.52. The van der Waals surface area contributed by atoms with Crippen molar-refractivity contribution in [3.05, 3.63) is 76.5 Å². The summed E-state index contributed by atoms with van der Waals surface area (Å²) in [5, 5.41) is 21.1. The molecule has 2 atom stereocenters. The highest BCUT2D eigenvalue weighted by molar-refractivity contribution is 6.30. The Morgan fingerprint density at radius 3 is 2.57 bits per heavy atom. The molecule has 0 radical (unpaired) electrons. The van der Waals surface area contributed by atoms with Crippen LogP contribution in [0.3, 0.4) is 0 Å². The second-order valence-electron chi connectivity index (χ2n) is 8.86. The Hall–Kier alpha value is -3.21. The van der Waals surface area contributed by atoms with Crippen LogP contribution in [0.5, 0.6) is 5.75 Å². The first-order valence-corrected chi connectivity index (χ1v) is 11.1. The summed E-state index contributed by atoms with van der Waals surface area (Å²) in [5.41, 5.74) is 0.709. The molecule has 1 aliphatic rings. The third-order valence-electron chi connectivity index (χ3n) is 5.95. The number of ether oxygens (including phenoxy) is 1. The van der Waals surface area contributed by atoms with Gasteiger partial charge in [-0.15, -0.1) is 0 Å². The zero-order valence-corrected chi connectivity index (χ0v) is 19.3. The summed E-state index contributed by atoms with van der Waals surface area (Å²) in [4.78, 5) is 12.7. The summed E-state index contributed by atoms with van der Waals surface area (Å²) >= 11 is 6.15. The first-order valence-electron chi connectivity index (χ1n) is 10.7. The number of alkyl halides is 2.